The number of aromatic nitrogens is 3. The number of nitrogens with zero attached hydrogens (tertiary/aromatic N) is 3. The molecule has 2 aromatic heterocycles. The molecule has 11 rings (SSSR count). The zero-order chi connectivity index (χ0) is 34.9. The van der Waals surface area contributed by atoms with Gasteiger partial charge in [0.1, 0.15) is 0 Å². The molecule has 9 aromatic carbocycles. The molecule has 0 atom stereocenters. The Morgan fingerprint density at radius 3 is 1.55 bits per heavy atom. The minimum atomic E-state index is 0.656. The van der Waals surface area contributed by atoms with E-state index < -0.39 is 0 Å². The summed E-state index contributed by atoms with van der Waals surface area (Å²) in [6, 6.07) is 62.6. The van der Waals surface area contributed by atoms with Crippen molar-refractivity contribution in [3.8, 4) is 45.3 Å². The largest absolute Gasteiger partial charge is 0.208 e. The van der Waals surface area contributed by atoms with Crippen molar-refractivity contribution in [2.24, 2.45) is 0 Å². The van der Waals surface area contributed by atoms with Gasteiger partial charge < -0.3 is 0 Å². The van der Waals surface area contributed by atoms with Crippen LogP contribution in [0.5, 0.6) is 0 Å². The van der Waals surface area contributed by atoms with Crippen LogP contribution in [0.4, 0.5) is 0 Å². The Bertz CT molecular complexity index is 3160. The lowest BCUT2D eigenvalue weighted by atomic mass is 9.89. The van der Waals surface area contributed by atoms with Crippen LogP contribution in [0.3, 0.4) is 0 Å². The number of rotatable bonds is 4. The molecule has 11 aromatic rings. The van der Waals surface area contributed by atoms with Crippen molar-refractivity contribution in [3.05, 3.63) is 176 Å². The molecule has 0 saturated heterocycles. The first-order valence-corrected chi connectivity index (χ1v) is 18.7. The number of hydrogen-bond donors (Lipinski definition) is 0. The molecule has 246 valence electrons. The van der Waals surface area contributed by atoms with Crippen molar-refractivity contribution in [1.29, 1.82) is 0 Å². The van der Waals surface area contributed by atoms with Gasteiger partial charge in [0.2, 0.25) is 0 Å². The minimum absolute atomic E-state index is 0.656. The van der Waals surface area contributed by atoms with Gasteiger partial charge in [-0.3, -0.25) is 0 Å². The highest BCUT2D eigenvalue weighted by molar-refractivity contribution is 7.27. The van der Waals surface area contributed by atoms with Gasteiger partial charge >= 0.3 is 0 Å². The summed E-state index contributed by atoms with van der Waals surface area (Å²) in [5.74, 6) is 1.97. The predicted molar refractivity (Wildman–Crippen MR) is 224 cm³/mol. The average molecular weight is 692 g/mol. The Hall–Kier alpha value is -6.75. The van der Waals surface area contributed by atoms with Crippen LogP contribution in [0.15, 0.2) is 176 Å². The molecule has 0 spiro atoms. The maximum atomic E-state index is 5.11. The zero-order valence-corrected chi connectivity index (χ0v) is 29.3. The molecule has 53 heavy (non-hydrogen) atoms. The van der Waals surface area contributed by atoms with Crippen molar-refractivity contribution in [2.75, 3.05) is 0 Å². The van der Waals surface area contributed by atoms with E-state index in [0.29, 0.717) is 17.5 Å². The van der Waals surface area contributed by atoms with Gasteiger partial charge in [0.15, 0.2) is 17.5 Å². The highest BCUT2D eigenvalue weighted by atomic mass is 32.1. The molecule has 0 N–H and O–H groups in total. The third-order valence-corrected chi connectivity index (χ3v) is 11.7. The summed E-state index contributed by atoms with van der Waals surface area (Å²) in [6.07, 6.45) is 0. The first-order valence-electron chi connectivity index (χ1n) is 17.9. The molecular formula is C49H29N3S. The molecule has 0 radical (unpaired) electrons. The van der Waals surface area contributed by atoms with E-state index in [9.17, 15) is 0 Å². The summed E-state index contributed by atoms with van der Waals surface area (Å²) in [4.78, 5) is 15.2. The molecule has 0 bridgehead atoms. The molecule has 0 saturated carbocycles. The van der Waals surface area contributed by atoms with Gasteiger partial charge in [-0.15, -0.1) is 11.3 Å². The van der Waals surface area contributed by atoms with E-state index in [0.717, 1.165) is 27.5 Å². The standard InChI is InChI=1S/C49H29N3S/c1-3-15-32(16-4-1)47-50-48(33-17-5-2-6-18-33)52-49(51-47)40-24-12-21-37-38(40)22-11-23-39(37)42-29-34-26-25-30-13-7-9-19-35(30)43(34)46-44(42)41-28-27-31-14-8-10-20-36(31)45(41)53-46/h1-29H. The molecule has 0 unspecified atom stereocenters. The monoisotopic (exact) mass is 691 g/mol. The Labute approximate surface area is 309 Å². The molecule has 0 amide bonds. The fourth-order valence-corrected chi connectivity index (χ4v) is 9.47. The number of benzene rings is 9. The quantitative estimate of drug-likeness (QED) is 0.172. The number of thiophene rings is 1. The molecule has 4 heteroatoms. The molecule has 2 heterocycles. The van der Waals surface area contributed by atoms with Crippen LogP contribution in [-0.2, 0) is 0 Å². The predicted octanol–water partition coefficient (Wildman–Crippen LogP) is 13.5. The molecule has 0 aliphatic rings. The maximum absolute atomic E-state index is 5.11. The smallest absolute Gasteiger partial charge is 0.164 e. The van der Waals surface area contributed by atoms with Crippen LogP contribution < -0.4 is 0 Å². The highest BCUT2D eigenvalue weighted by Gasteiger charge is 2.20. The van der Waals surface area contributed by atoms with E-state index in [1.165, 1.54) is 63.6 Å². The Balaban J connectivity index is 1.21. The molecular weight excluding hydrogens is 663 g/mol. The van der Waals surface area contributed by atoms with Crippen molar-refractivity contribution >= 4 is 74.6 Å². The zero-order valence-electron chi connectivity index (χ0n) is 28.5. The van der Waals surface area contributed by atoms with E-state index in [-0.39, 0.29) is 0 Å². The van der Waals surface area contributed by atoms with Gasteiger partial charge in [-0.25, -0.2) is 15.0 Å². The van der Waals surface area contributed by atoms with Crippen molar-refractivity contribution < 1.29 is 0 Å². The van der Waals surface area contributed by atoms with Crippen LogP contribution in [0.1, 0.15) is 0 Å². The van der Waals surface area contributed by atoms with Crippen LogP contribution in [0, 0.1) is 0 Å². The Morgan fingerprint density at radius 1 is 0.302 bits per heavy atom. The van der Waals surface area contributed by atoms with Crippen LogP contribution >= 0.6 is 11.3 Å². The van der Waals surface area contributed by atoms with Crippen molar-refractivity contribution in [2.45, 2.75) is 0 Å². The third kappa shape index (κ3) is 4.77. The normalized spacial score (nSPS) is 11.8. The number of fused-ring (bicyclic) bond motifs is 10. The second kappa shape index (κ2) is 11.9. The molecule has 0 aliphatic carbocycles. The summed E-state index contributed by atoms with van der Waals surface area (Å²) in [5, 5.41) is 12.5. The van der Waals surface area contributed by atoms with E-state index in [2.05, 4.69) is 140 Å². The van der Waals surface area contributed by atoms with E-state index in [1.807, 2.05) is 47.7 Å². The topological polar surface area (TPSA) is 38.7 Å². The van der Waals surface area contributed by atoms with Crippen LogP contribution in [0.2, 0.25) is 0 Å². The summed E-state index contributed by atoms with van der Waals surface area (Å²) in [5.41, 5.74) is 5.32. The van der Waals surface area contributed by atoms with Crippen molar-refractivity contribution in [1.82, 2.24) is 15.0 Å². The van der Waals surface area contributed by atoms with E-state index in [4.69, 9.17) is 15.0 Å². The lowest BCUT2D eigenvalue weighted by molar-refractivity contribution is 1.08. The van der Waals surface area contributed by atoms with Crippen LogP contribution in [-0.4, -0.2) is 15.0 Å². The lowest BCUT2D eigenvalue weighted by Crippen LogP contribution is -2.00. The van der Waals surface area contributed by atoms with Crippen molar-refractivity contribution in [3.63, 3.8) is 0 Å². The van der Waals surface area contributed by atoms with E-state index in [1.54, 1.807) is 0 Å². The summed E-state index contributed by atoms with van der Waals surface area (Å²) in [7, 11) is 0. The SMILES string of the molecule is c1ccc(-c2nc(-c3ccccc3)nc(-c3cccc4c(-c5cc6ccc7ccccc7c6c6sc7c8ccccc8ccc7c56)cccc34)n2)cc1. The lowest BCUT2D eigenvalue weighted by Gasteiger charge is -2.15. The average Bonchev–Trinajstić information content (AvgIpc) is 3.64. The Kier molecular flexibility index (Phi) is 6.73. The van der Waals surface area contributed by atoms with Crippen LogP contribution in [0.25, 0.3) is 109 Å². The highest BCUT2D eigenvalue weighted by Crippen LogP contribution is 2.49. The second-order valence-electron chi connectivity index (χ2n) is 13.5. The first-order chi connectivity index (χ1) is 26.3. The fourth-order valence-electron chi connectivity index (χ4n) is 8.04. The van der Waals surface area contributed by atoms with Gasteiger partial charge in [0.05, 0.1) is 0 Å². The van der Waals surface area contributed by atoms with Gasteiger partial charge in [-0.1, -0.05) is 170 Å². The minimum Gasteiger partial charge on any atom is -0.208 e. The fraction of sp³-hybridized carbons (Fsp3) is 0. The maximum Gasteiger partial charge on any atom is 0.164 e. The molecule has 0 fully saturated rings. The number of hydrogen-bond acceptors (Lipinski definition) is 4. The second-order valence-corrected chi connectivity index (χ2v) is 14.5. The summed E-state index contributed by atoms with van der Waals surface area (Å²) >= 11 is 1.92. The van der Waals surface area contributed by atoms with Gasteiger partial charge in [0, 0.05) is 42.2 Å². The molecule has 0 aliphatic heterocycles. The van der Waals surface area contributed by atoms with E-state index >= 15 is 0 Å². The third-order valence-electron chi connectivity index (χ3n) is 10.5. The summed E-state index contributed by atoms with van der Waals surface area (Å²) in [6.45, 7) is 0. The first kappa shape index (κ1) is 29.9. The Morgan fingerprint density at radius 2 is 0.830 bits per heavy atom. The van der Waals surface area contributed by atoms with Gasteiger partial charge in [0.25, 0.3) is 0 Å². The van der Waals surface area contributed by atoms with Gasteiger partial charge in [-0.05, 0) is 54.9 Å². The molecule has 3 nitrogen and oxygen atoms in total. The summed E-state index contributed by atoms with van der Waals surface area (Å²) < 4.78 is 2.65. The van der Waals surface area contributed by atoms with Gasteiger partial charge in [-0.2, -0.15) is 0 Å².